The number of carbonyl (C=O) groups is 1. The Morgan fingerprint density at radius 3 is 2.72 bits per heavy atom. The summed E-state index contributed by atoms with van der Waals surface area (Å²) in [6.07, 6.45) is 0. The van der Waals surface area contributed by atoms with Crippen molar-refractivity contribution in [2.75, 3.05) is 13.2 Å². The number of primary amides is 1. The van der Waals surface area contributed by atoms with Crippen molar-refractivity contribution in [1.82, 2.24) is 10.3 Å². The number of hydrogen-bond donors (Lipinski definition) is 2. The molecule has 0 saturated heterocycles. The standard InChI is InChI=1S/C13H21N3O2/c1-8(2)15-5-6-18-13-11(12(14)17)9(3)7-10(4)16-13/h7-8,15H,5-6H2,1-4H3,(H2,14,17). The number of amides is 1. The summed E-state index contributed by atoms with van der Waals surface area (Å²) in [5, 5.41) is 3.22. The monoisotopic (exact) mass is 251 g/mol. The third-order valence-electron chi connectivity index (χ3n) is 2.45. The van der Waals surface area contributed by atoms with Crippen LogP contribution in [0.4, 0.5) is 0 Å². The van der Waals surface area contributed by atoms with E-state index in [9.17, 15) is 4.79 Å². The molecule has 0 spiro atoms. The van der Waals surface area contributed by atoms with Crippen molar-refractivity contribution < 1.29 is 9.53 Å². The van der Waals surface area contributed by atoms with Crippen molar-refractivity contribution in [3.8, 4) is 5.88 Å². The first-order valence-electron chi connectivity index (χ1n) is 6.06. The third-order valence-corrected chi connectivity index (χ3v) is 2.45. The zero-order valence-corrected chi connectivity index (χ0v) is 11.4. The van der Waals surface area contributed by atoms with Gasteiger partial charge in [0.05, 0.1) is 0 Å². The Balaban J connectivity index is 2.77. The molecule has 18 heavy (non-hydrogen) atoms. The Morgan fingerprint density at radius 2 is 2.17 bits per heavy atom. The van der Waals surface area contributed by atoms with Crippen molar-refractivity contribution in [2.24, 2.45) is 5.73 Å². The molecule has 0 fully saturated rings. The number of carbonyl (C=O) groups excluding carboxylic acids is 1. The topological polar surface area (TPSA) is 77.2 Å². The molecular weight excluding hydrogens is 230 g/mol. The van der Waals surface area contributed by atoms with E-state index in [4.69, 9.17) is 10.5 Å². The van der Waals surface area contributed by atoms with Gasteiger partial charge in [0.15, 0.2) is 0 Å². The molecule has 1 rings (SSSR count). The number of nitrogens with two attached hydrogens (primary N) is 1. The molecule has 0 bridgehead atoms. The van der Waals surface area contributed by atoms with Crippen LogP contribution < -0.4 is 15.8 Å². The quantitative estimate of drug-likeness (QED) is 0.744. The van der Waals surface area contributed by atoms with Gasteiger partial charge in [-0.15, -0.1) is 0 Å². The van der Waals surface area contributed by atoms with E-state index in [0.29, 0.717) is 30.6 Å². The largest absolute Gasteiger partial charge is 0.476 e. The fourth-order valence-corrected chi connectivity index (χ4v) is 1.70. The normalized spacial score (nSPS) is 10.7. The maximum atomic E-state index is 11.4. The Hall–Kier alpha value is -1.62. The van der Waals surface area contributed by atoms with Crippen molar-refractivity contribution in [2.45, 2.75) is 33.7 Å². The second-order valence-corrected chi connectivity index (χ2v) is 4.58. The minimum atomic E-state index is -0.508. The van der Waals surface area contributed by atoms with Gasteiger partial charge in [0.25, 0.3) is 5.91 Å². The second-order valence-electron chi connectivity index (χ2n) is 4.58. The second kappa shape index (κ2) is 6.35. The summed E-state index contributed by atoms with van der Waals surface area (Å²) < 4.78 is 5.54. The van der Waals surface area contributed by atoms with Crippen molar-refractivity contribution in [3.05, 3.63) is 22.9 Å². The highest BCUT2D eigenvalue weighted by atomic mass is 16.5. The van der Waals surface area contributed by atoms with E-state index in [1.165, 1.54) is 0 Å². The third kappa shape index (κ3) is 4.00. The van der Waals surface area contributed by atoms with Gasteiger partial charge >= 0.3 is 0 Å². The van der Waals surface area contributed by atoms with E-state index in [1.807, 2.05) is 19.9 Å². The maximum absolute atomic E-state index is 11.4. The number of aromatic nitrogens is 1. The van der Waals surface area contributed by atoms with Crippen LogP contribution in [-0.4, -0.2) is 30.1 Å². The van der Waals surface area contributed by atoms with Crippen LogP contribution in [0.5, 0.6) is 5.88 Å². The predicted molar refractivity (Wildman–Crippen MR) is 70.9 cm³/mol. The molecule has 0 aromatic carbocycles. The molecule has 100 valence electrons. The summed E-state index contributed by atoms with van der Waals surface area (Å²) in [4.78, 5) is 15.6. The van der Waals surface area contributed by atoms with Crippen molar-refractivity contribution in [1.29, 1.82) is 0 Å². The van der Waals surface area contributed by atoms with E-state index in [2.05, 4.69) is 24.1 Å². The molecule has 0 aliphatic rings. The minimum Gasteiger partial charge on any atom is -0.476 e. The molecule has 0 aliphatic carbocycles. The molecule has 3 N–H and O–H groups in total. The summed E-state index contributed by atoms with van der Waals surface area (Å²) in [6, 6.07) is 2.22. The lowest BCUT2D eigenvalue weighted by Crippen LogP contribution is -2.28. The van der Waals surface area contributed by atoms with Gasteiger partial charge in [-0.1, -0.05) is 13.8 Å². The first kappa shape index (κ1) is 14.4. The van der Waals surface area contributed by atoms with Gasteiger partial charge in [0.2, 0.25) is 5.88 Å². The van der Waals surface area contributed by atoms with Crippen LogP contribution in [0.15, 0.2) is 6.07 Å². The van der Waals surface area contributed by atoms with Crippen LogP contribution in [0.3, 0.4) is 0 Å². The van der Waals surface area contributed by atoms with Crippen molar-refractivity contribution >= 4 is 5.91 Å². The summed E-state index contributed by atoms with van der Waals surface area (Å²) >= 11 is 0. The highest BCUT2D eigenvalue weighted by Crippen LogP contribution is 2.20. The first-order valence-corrected chi connectivity index (χ1v) is 6.06. The van der Waals surface area contributed by atoms with Gasteiger partial charge in [-0.05, 0) is 25.5 Å². The first-order chi connectivity index (χ1) is 8.41. The van der Waals surface area contributed by atoms with Gasteiger partial charge < -0.3 is 15.8 Å². The molecule has 1 aromatic heterocycles. The number of rotatable bonds is 6. The van der Waals surface area contributed by atoms with E-state index in [1.54, 1.807) is 0 Å². The van der Waals surface area contributed by atoms with E-state index in [0.717, 1.165) is 11.3 Å². The number of nitrogens with one attached hydrogen (secondary N) is 1. The van der Waals surface area contributed by atoms with Crippen LogP contribution in [0, 0.1) is 13.8 Å². The average Bonchev–Trinajstić information content (AvgIpc) is 2.22. The molecule has 0 saturated carbocycles. The molecule has 1 heterocycles. The Labute approximate surface area is 108 Å². The SMILES string of the molecule is Cc1cc(C)c(C(N)=O)c(OCCNC(C)C)n1. The number of pyridine rings is 1. The highest BCUT2D eigenvalue weighted by molar-refractivity contribution is 5.96. The predicted octanol–water partition coefficient (Wildman–Crippen LogP) is 1.17. The van der Waals surface area contributed by atoms with Crippen LogP contribution >= 0.6 is 0 Å². The Morgan fingerprint density at radius 1 is 1.50 bits per heavy atom. The fourth-order valence-electron chi connectivity index (χ4n) is 1.70. The molecule has 0 unspecified atom stereocenters. The number of nitrogens with zero attached hydrogens (tertiary/aromatic N) is 1. The van der Waals surface area contributed by atoms with Gasteiger partial charge in [0.1, 0.15) is 12.2 Å². The summed E-state index contributed by atoms with van der Waals surface area (Å²) in [5.74, 6) is -0.183. The molecule has 0 atom stereocenters. The molecule has 5 nitrogen and oxygen atoms in total. The van der Waals surface area contributed by atoms with Crippen LogP contribution in [0.1, 0.15) is 35.5 Å². The summed E-state index contributed by atoms with van der Waals surface area (Å²) in [5.41, 5.74) is 7.31. The van der Waals surface area contributed by atoms with Gasteiger partial charge in [-0.3, -0.25) is 4.79 Å². The van der Waals surface area contributed by atoms with Crippen LogP contribution in [-0.2, 0) is 0 Å². The molecule has 1 aromatic rings. The van der Waals surface area contributed by atoms with Crippen LogP contribution in [0.25, 0.3) is 0 Å². The average molecular weight is 251 g/mol. The van der Waals surface area contributed by atoms with Gasteiger partial charge in [0, 0.05) is 18.3 Å². The number of ether oxygens (including phenoxy) is 1. The van der Waals surface area contributed by atoms with Gasteiger partial charge in [-0.25, -0.2) is 4.98 Å². The molecule has 0 radical (unpaired) electrons. The smallest absolute Gasteiger partial charge is 0.254 e. The number of aryl methyl sites for hydroxylation is 2. The molecule has 0 aliphatic heterocycles. The lowest BCUT2D eigenvalue weighted by atomic mass is 10.1. The number of hydrogen-bond acceptors (Lipinski definition) is 4. The zero-order valence-electron chi connectivity index (χ0n) is 11.4. The van der Waals surface area contributed by atoms with Gasteiger partial charge in [-0.2, -0.15) is 0 Å². The Bertz CT molecular complexity index is 430. The van der Waals surface area contributed by atoms with E-state index >= 15 is 0 Å². The summed E-state index contributed by atoms with van der Waals surface area (Å²) in [6.45, 7) is 8.96. The Kier molecular flexibility index (Phi) is 5.09. The molecule has 1 amide bonds. The van der Waals surface area contributed by atoms with E-state index < -0.39 is 5.91 Å². The zero-order chi connectivity index (χ0) is 13.7. The van der Waals surface area contributed by atoms with Crippen molar-refractivity contribution in [3.63, 3.8) is 0 Å². The lowest BCUT2D eigenvalue weighted by Gasteiger charge is -2.13. The highest BCUT2D eigenvalue weighted by Gasteiger charge is 2.15. The maximum Gasteiger partial charge on any atom is 0.254 e. The molecule has 5 heteroatoms. The molecular formula is C13H21N3O2. The fraction of sp³-hybridized carbons (Fsp3) is 0.538. The van der Waals surface area contributed by atoms with Crippen LogP contribution in [0.2, 0.25) is 0 Å². The van der Waals surface area contributed by atoms with E-state index in [-0.39, 0.29) is 0 Å². The summed E-state index contributed by atoms with van der Waals surface area (Å²) in [7, 11) is 0. The lowest BCUT2D eigenvalue weighted by molar-refractivity contribution is 0.0994. The minimum absolute atomic E-state index is 0.325.